The van der Waals surface area contributed by atoms with Crippen molar-refractivity contribution in [1.82, 2.24) is 0 Å². The smallest absolute Gasteiger partial charge is 0.0726 e. The highest BCUT2D eigenvalue weighted by molar-refractivity contribution is 6.25. The van der Waals surface area contributed by atoms with Gasteiger partial charge in [-0.3, -0.25) is 0 Å². The van der Waals surface area contributed by atoms with E-state index in [9.17, 15) is 0 Å². The lowest BCUT2D eigenvalue weighted by atomic mass is 9.70. The molecule has 2 aliphatic rings. The van der Waals surface area contributed by atoms with E-state index < -0.39 is 5.41 Å². The van der Waals surface area contributed by atoms with Crippen molar-refractivity contribution < 1.29 is 0 Å². The summed E-state index contributed by atoms with van der Waals surface area (Å²) < 4.78 is 0. The maximum absolute atomic E-state index is 2.50. The average Bonchev–Trinajstić information content (AvgIpc) is 3.69. The van der Waals surface area contributed by atoms with Crippen LogP contribution in [0.5, 0.6) is 0 Å². The Morgan fingerprint density at radius 3 is 1.44 bits per heavy atom. The predicted octanol–water partition coefficient (Wildman–Crippen LogP) is 13.5. The maximum atomic E-state index is 2.50. The molecule has 0 saturated heterocycles. The third-order valence-corrected chi connectivity index (χ3v) is 11.8. The molecule has 0 amide bonds. The molecule has 9 aromatic carbocycles. The van der Waals surface area contributed by atoms with Gasteiger partial charge in [-0.05, 0) is 114 Å². The third kappa shape index (κ3) is 3.83. The van der Waals surface area contributed by atoms with E-state index in [1.807, 2.05) is 0 Å². The second-order valence-electron chi connectivity index (χ2n) is 14.3. The van der Waals surface area contributed by atoms with E-state index in [4.69, 9.17) is 0 Å². The molecule has 1 nitrogen and oxygen atoms in total. The van der Waals surface area contributed by atoms with E-state index >= 15 is 0 Å². The Balaban J connectivity index is 1.23. The van der Waals surface area contributed by atoms with Gasteiger partial charge in [0, 0.05) is 16.9 Å². The minimum atomic E-state index is -0.397. The van der Waals surface area contributed by atoms with Gasteiger partial charge >= 0.3 is 0 Å². The summed E-state index contributed by atoms with van der Waals surface area (Å²) in [5.74, 6) is 0. The van der Waals surface area contributed by atoms with Crippen LogP contribution in [0.1, 0.15) is 34.7 Å². The molecule has 244 valence electrons. The zero-order valence-electron chi connectivity index (χ0n) is 29.0. The normalized spacial score (nSPS) is 13.3. The van der Waals surface area contributed by atoms with Crippen LogP contribution in [0.2, 0.25) is 0 Å². The standard InChI is InChI=1S/C51H35N/c1-2-33-26-28-34(29-27-33)52(35-30-31-40-38-16-4-3-14-36(38)37-15-5-6-17-39(37)44(40)32-35)49-25-13-24-48-50(49)43-20-9-12-23-47(43)51(48)45-21-10-7-18-41(45)42-19-8-11-22-46(42)51/h3-32H,2H2,1H3. The Bertz CT molecular complexity index is 2820. The number of hydrogen-bond acceptors (Lipinski definition) is 1. The third-order valence-electron chi connectivity index (χ3n) is 11.8. The summed E-state index contributed by atoms with van der Waals surface area (Å²) in [5.41, 5.74) is 15.1. The van der Waals surface area contributed by atoms with Crippen LogP contribution in [0.25, 0.3) is 54.6 Å². The molecule has 0 radical (unpaired) electrons. The number of anilines is 3. The second kappa shape index (κ2) is 11.0. The summed E-state index contributed by atoms with van der Waals surface area (Å²) >= 11 is 0. The zero-order valence-corrected chi connectivity index (χ0v) is 29.0. The molecule has 0 aliphatic heterocycles. The zero-order chi connectivity index (χ0) is 34.4. The largest absolute Gasteiger partial charge is 0.310 e. The van der Waals surface area contributed by atoms with Crippen LogP contribution in [0.4, 0.5) is 17.1 Å². The summed E-state index contributed by atoms with van der Waals surface area (Å²) in [7, 11) is 0. The SMILES string of the molecule is CCc1ccc(N(c2ccc3c4ccccc4c4ccccc4c3c2)c2cccc3c2-c2ccccc2C32c3ccccc3-c3ccccc32)cc1. The first-order chi connectivity index (χ1) is 25.8. The second-order valence-corrected chi connectivity index (χ2v) is 14.3. The summed E-state index contributed by atoms with van der Waals surface area (Å²) in [6.07, 6.45) is 1.00. The Hall–Kier alpha value is -6.44. The summed E-state index contributed by atoms with van der Waals surface area (Å²) in [6.45, 7) is 2.23. The van der Waals surface area contributed by atoms with E-state index in [-0.39, 0.29) is 0 Å². The number of nitrogens with zero attached hydrogens (tertiary/aromatic N) is 1. The van der Waals surface area contributed by atoms with E-state index in [0.29, 0.717) is 0 Å². The van der Waals surface area contributed by atoms with Gasteiger partial charge in [0.2, 0.25) is 0 Å². The van der Waals surface area contributed by atoms with Crippen molar-refractivity contribution in [2.24, 2.45) is 0 Å². The van der Waals surface area contributed by atoms with Gasteiger partial charge in [-0.2, -0.15) is 0 Å². The molecule has 0 bridgehead atoms. The van der Waals surface area contributed by atoms with Gasteiger partial charge in [-0.1, -0.05) is 159 Å². The molecule has 0 fully saturated rings. The Kier molecular flexibility index (Phi) is 6.22. The van der Waals surface area contributed by atoms with Crippen LogP contribution in [0, 0.1) is 0 Å². The van der Waals surface area contributed by atoms with Gasteiger partial charge in [-0.25, -0.2) is 0 Å². The highest BCUT2D eigenvalue weighted by Gasteiger charge is 2.52. The van der Waals surface area contributed by atoms with Gasteiger partial charge in [0.15, 0.2) is 0 Å². The minimum absolute atomic E-state index is 0.397. The molecule has 0 N–H and O–H groups in total. The summed E-state index contributed by atoms with van der Waals surface area (Å²) in [5, 5.41) is 7.70. The number of aryl methyl sites for hydroxylation is 1. The van der Waals surface area contributed by atoms with Crippen LogP contribution in [-0.2, 0) is 11.8 Å². The number of fused-ring (bicyclic) bond motifs is 16. The van der Waals surface area contributed by atoms with Crippen molar-refractivity contribution in [2.45, 2.75) is 18.8 Å². The van der Waals surface area contributed by atoms with Gasteiger partial charge in [0.1, 0.15) is 0 Å². The molecule has 1 spiro atoms. The minimum Gasteiger partial charge on any atom is -0.310 e. The lowest BCUT2D eigenvalue weighted by Gasteiger charge is -2.32. The van der Waals surface area contributed by atoms with Crippen LogP contribution in [0.15, 0.2) is 182 Å². The predicted molar refractivity (Wildman–Crippen MR) is 219 cm³/mol. The van der Waals surface area contributed by atoms with Gasteiger partial charge < -0.3 is 4.90 Å². The Morgan fingerprint density at radius 2 is 0.846 bits per heavy atom. The highest BCUT2D eigenvalue weighted by atomic mass is 15.1. The van der Waals surface area contributed by atoms with Crippen LogP contribution in [0.3, 0.4) is 0 Å². The van der Waals surface area contributed by atoms with E-state index in [2.05, 4.69) is 194 Å². The van der Waals surface area contributed by atoms with Crippen molar-refractivity contribution in [2.75, 3.05) is 4.90 Å². The van der Waals surface area contributed by atoms with Crippen molar-refractivity contribution in [3.8, 4) is 22.3 Å². The van der Waals surface area contributed by atoms with Crippen molar-refractivity contribution in [3.05, 3.63) is 210 Å². The molecular weight excluding hydrogens is 627 g/mol. The monoisotopic (exact) mass is 661 g/mol. The van der Waals surface area contributed by atoms with Gasteiger partial charge in [-0.15, -0.1) is 0 Å². The topological polar surface area (TPSA) is 3.24 Å². The molecule has 52 heavy (non-hydrogen) atoms. The van der Waals surface area contributed by atoms with E-state index in [0.717, 1.165) is 17.8 Å². The van der Waals surface area contributed by atoms with Crippen LogP contribution < -0.4 is 4.90 Å². The Labute approximate surface area is 304 Å². The lowest BCUT2D eigenvalue weighted by molar-refractivity contribution is 0.794. The fourth-order valence-corrected chi connectivity index (χ4v) is 9.65. The quantitative estimate of drug-likeness (QED) is 0.170. The molecule has 2 aliphatic carbocycles. The first kappa shape index (κ1) is 29.3. The molecule has 0 aromatic heterocycles. The van der Waals surface area contributed by atoms with Crippen LogP contribution in [-0.4, -0.2) is 0 Å². The average molecular weight is 662 g/mol. The first-order valence-corrected chi connectivity index (χ1v) is 18.4. The molecule has 0 unspecified atom stereocenters. The molecule has 0 saturated carbocycles. The summed E-state index contributed by atoms with van der Waals surface area (Å²) in [6, 6.07) is 68.2. The molecular formula is C51H35N. The highest BCUT2D eigenvalue weighted by Crippen LogP contribution is 2.64. The molecule has 9 aromatic rings. The molecule has 1 heteroatoms. The number of benzene rings is 9. The van der Waals surface area contributed by atoms with Gasteiger partial charge in [0.25, 0.3) is 0 Å². The van der Waals surface area contributed by atoms with Crippen molar-refractivity contribution >= 4 is 49.4 Å². The maximum Gasteiger partial charge on any atom is 0.0726 e. The fourth-order valence-electron chi connectivity index (χ4n) is 9.65. The van der Waals surface area contributed by atoms with Crippen molar-refractivity contribution in [1.29, 1.82) is 0 Å². The van der Waals surface area contributed by atoms with E-state index in [1.54, 1.807) is 0 Å². The Morgan fingerprint density at radius 1 is 0.385 bits per heavy atom. The number of hydrogen-bond donors (Lipinski definition) is 0. The number of rotatable bonds is 4. The van der Waals surface area contributed by atoms with Crippen LogP contribution >= 0.6 is 0 Å². The summed E-state index contributed by atoms with van der Waals surface area (Å²) in [4.78, 5) is 2.50. The fraction of sp³-hybridized carbons (Fsp3) is 0.0588. The molecule has 0 atom stereocenters. The molecule has 11 rings (SSSR count). The van der Waals surface area contributed by atoms with Gasteiger partial charge in [0.05, 0.1) is 11.1 Å². The first-order valence-electron chi connectivity index (χ1n) is 18.4. The van der Waals surface area contributed by atoms with Crippen molar-refractivity contribution in [3.63, 3.8) is 0 Å². The lowest BCUT2D eigenvalue weighted by Crippen LogP contribution is -2.26. The van der Waals surface area contributed by atoms with E-state index in [1.165, 1.54) is 88.1 Å². The molecule has 0 heterocycles.